The van der Waals surface area contributed by atoms with Crippen LogP contribution in [0.5, 0.6) is 0 Å². The molecule has 0 spiro atoms. The molecule has 1 aliphatic heterocycles. The number of amides is 1. The van der Waals surface area contributed by atoms with Crippen molar-refractivity contribution in [2.24, 2.45) is 5.92 Å². The number of carbonyl (C=O) groups excluding carboxylic acids is 1. The van der Waals surface area contributed by atoms with Crippen LogP contribution in [0.4, 0.5) is 0 Å². The van der Waals surface area contributed by atoms with Crippen molar-refractivity contribution in [3.8, 4) is 5.82 Å². The van der Waals surface area contributed by atoms with Gasteiger partial charge in [0.15, 0.2) is 0 Å². The van der Waals surface area contributed by atoms with E-state index in [2.05, 4.69) is 15.2 Å². The van der Waals surface area contributed by atoms with E-state index < -0.39 is 0 Å². The van der Waals surface area contributed by atoms with Crippen molar-refractivity contribution in [2.45, 2.75) is 38.2 Å². The molecule has 4 rings (SSSR count). The summed E-state index contributed by atoms with van der Waals surface area (Å²) < 4.78 is 7.46. The Morgan fingerprint density at radius 3 is 2.60 bits per heavy atom. The van der Waals surface area contributed by atoms with Gasteiger partial charge in [-0.1, -0.05) is 6.42 Å². The van der Waals surface area contributed by atoms with E-state index >= 15 is 0 Å². The smallest absolute Gasteiger partial charge is 0.255 e. The summed E-state index contributed by atoms with van der Waals surface area (Å²) in [6.07, 6.45) is 10.8. The van der Waals surface area contributed by atoms with E-state index in [4.69, 9.17) is 4.74 Å². The van der Waals surface area contributed by atoms with Crippen molar-refractivity contribution >= 4 is 5.91 Å². The van der Waals surface area contributed by atoms with Crippen LogP contribution in [0, 0.1) is 5.92 Å². The number of carbonyl (C=O) groups is 1. The summed E-state index contributed by atoms with van der Waals surface area (Å²) in [6, 6.07) is 3.65. The van der Waals surface area contributed by atoms with E-state index in [0.29, 0.717) is 23.8 Å². The SMILES string of the molecule is O=C(c1ccc(-n2cnnc2)nc1)N(CC1CCC1)C[C@H]1CCCO1. The molecule has 1 atom stereocenters. The monoisotopic (exact) mass is 341 g/mol. The largest absolute Gasteiger partial charge is 0.376 e. The number of aromatic nitrogens is 4. The van der Waals surface area contributed by atoms with E-state index in [0.717, 1.165) is 26.0 Å². The van der Waals surface area contributed by atoms with Gasteiger partial charge in [-0.05, 0) is 43.7 Å². The molecule has 1 saturated carbocycles. The quantitative estimate of drug-likeness (QED) is 0.804. The number of hydrogen-bond donors (Lipinski definition) is 0. The minimum atomic E-state index is 0.0465. The minimum Gasteiger partial charge on any atom is -0.376 e. The molecule has 2 aromatic rings. The third kappa shape index (κ3) is 3.71. The zero-order valence-electron chi connectivity index (χ0n) is 14.3. The number of ether oxygens (including phenoxy) is 1. The van der Waals surface area contributed by atoms with E-state index in [-0.39, 0.29) is 12.0 Å². The highest BCUT2D eigenvalue weighted by Crippen LogP contribution is 2.28. The summed E-state index contributed by atoms with van der Waals surface area (Å²) >= 11 is 0. The third-order valence-electron chi connectivity index (χ3n) is 5.12. The lowest BCUT2D eigenvalue weighted by atomic mass is 9.85. The summed E-state index contributed by atoms with van der Waals surface area (Å²) in [5.41, 5.74) is 0.620. The topological polar surface area (TPSA) is 73.1 Å². The highest BCUT2D eigenvalue weighted by molar-refractivity contribution is 5.94. The maximum Gasteiger partial charge on any atom is 0.255 e. The Balaban J connectivity index is 1.47. The van der Waals surface area contributed by atoms with Gasteiger partial charge in [0.1, 0.15) is 18.5 Å². The molecular formula is C18H23N5O2. The molecule has 2 aliphatic rings. The summed E-state index contributed by atoms with van der Waals surface area (Å²) in [5.74, 6) is 1.38. The van der Waals surface area contributed by atoms with Crippen molar-refractivity contribution < 1.29 is 9.53 Å². The minimum absolute atomic E-state index is 0.0465. The molecule has 7 nitrogen and oxygen atoms in total. The third-order valence-corrected chi connectivity index (χ3v) is 5.12. The van der Waals surface area contributed by atoms with Crippen molar-refractivity contribution in [3.05, 3.63) is 36.5 Å². The van der Waals surface area contributed by atoms with Crippen molar-refractivity contribution in [1.82, 2.24) is 24.6 Å². The summed E-state index contributed by atoms with van der Waals surface area (Å²) in [6.45, 7) is 2.32. The van der Waals surface area contributed by atoms with E-state index in [1.807, 2.05) is 17.0 Å². The molecule has 0 bridgehead atoms. The molecule has 132 valence electrons. The second kappa shape index (κ2) is 7.31. The first kappa shape index (κ1) is 16.2. The maximum absolute atomic E-state index is 13.0. The Morgan fingerprint density at radius 2 is 2.00 bits per heavy atom. The fraction of sp³-hybridized carbons (Fsp3) is 0.556. The number of nitrogens with zero attached hydrogens (tertiary/aromatic N) is 5. The molecule has 7 heteroatoms. The standard InChI is InChI=1S/C18H23N5O2/c24-18(15-6-7-17(19-9-15)23-12-20-21-13-23)22(10-14-3-1-4-14)11-16-5-2-8-25-16/h6-7,9,12-14,16H,1-5,8,10-11H2/t16-/m1/s1. The normalized spacial score (nSPS) is 20.4. The van der Waals surface area contributed by atoms with Crippen LogP contribution in [0.15, 0.2) is 31.0 Å². The van der Waals surface area contributed by atoms with E-state index in [9.17, 15) is 4.79 Å². The average Bonchev–Trinajstić information content (AvgIpc) is 3.30. The highest BCUT2D eigenvalue weighted by atomic mass is 16.5. The Kier molecular flexibility index (Phi) is 4.74. The number of pyridine rings is 1. The average molecular weight is 341 g/mol. The highest BCUT2D eigenvalue weighted by Gasteiger charge is 2.28. The Labute approximate surface area is 147 Å². The molecule has 2 fully saturated rings. The van der Waals surface area contributed by atoms with Gasteiger partial charge in [-0.15, -0.1) is 10.2 Å². The predicted molar refractivity (Wildman–Crippen MR) is 91.4 cm³/mol. The van der Waals surface area contributed by atoms with Crippen LogP contribution in [0.25, 0.3) is 5.82 Å². The van der Waals surface area contributed by atoms with Gasteiger partial charge < -0.3 is 9.64 Å². The molecule has 3 heterocycles. The van der Waals surface area contributed by atoms with Crippen molar-refractivity contribution in [2.75, 3.05) is 19.7 Å². The van der Waals surface area contributed by atoms with Crippen molar-refractivity contribution in [1.29, 1.82) is 0 Å². The predicted octanol–water partition coefficient (Wildman–Crippen LogP) is 2.08. The van der Waals surface area contributed by atoms with Gasteiger partial charge in [0.25, 0.3) is 5.91 Å². The van der Waals surface area contributed by atoms with Crippen LogP contribution in [0.2, 0.25) is 0 Å². The Bertz CT molecular complexity index is 691. The molecule has 25 heavy (non-hydrogen) atoms. The fourth-order valence-corrected chi connectivity index (χ4v) is 3.43. The van der Waals surface area contributed by atoms with Gasteiger partial charge in [0.05, 0.1) is 11.7 Å². The first-order valence-electron chi connectivity index (χ1n) is 9.01. The summed E-state index contributed by atoms with van der Waals surface area (Å²) in [7, 11) is 0. The molecular weight excluding hydrogens is 318 g/mol. The molecule has 1 aliphatic carbocycles. The zero-order valence-corrected chi connectivity index (χ0v) is 14.3. The van der Waals surface area contributed by atoms with Crippen LogP contribution < -0.4 is 0 Å². The zero-order chi connectivity index (χ0) is 17.1. The molecule has 0 N–H and O–H groups in total. The van der Waals surface area contributed by atoms with E-state index in [1.54, 1.807) is 23.4 Å². The van der Waals surface area contributed by atoms with Crippen molar-refractivity contribution in [3.63, 3.8) is 0 Å². The number of rotatable bonds is 6. The second-order valence-corrected chi connectivity index (χ2v) is 6.92. The second-order valence-electron chi connectivity index (χ2n) is 6.92. The lowest BCUT2D eigenvalue weighted by molar-refractivity contribution is 0.0447. The fourth-order valence-electron chi connectivity index (χ4n) is 3.43. The molecule has 2 aromatic heterocycles. The first-order valence-corrected chi connectivity index (χ1v) is 9.01. The van der Waals surface area contributed by atoms with Gasteiger partial charge in [0, 0.05) is 25.9 Å². The first-order chi connectivity index (χ1) is 12.3. The van der Waals surface area contributed by atoms with Crippen LogP contribution in [-0.2, 0) is 4.74 Å². The van der Waals surface area contributed by atoms with Gasteiger partial charge in [-0.25, -0.2) is 4.98 Å². The van der Waals surface area contributed by atoms with Crippen LogP contribution in [0.1, 0.15) is 42.5 Å². The van der Waals surface area contributed by atoms with Gasteiger partial charge in [0.2, 0.25) is 0 Å². The summed E-state index contributed by atoms with van der Waals surface area (Å²) in [5, 5.41) is 7.55. The lowest BCUT2D eigenvalue weighted by Gasteiger charge is -2.33. The number of hydrogen-bond acceptors (Lipinski definition) is 5. The molecule has 0 radical (unpaired) electrons. The van der Waals surface area contributed by atoms with Gasteiger partial charge in [-0.2, -0.15) is 0 Å². The Hall–Kier alpha value is -2.28. The van der Waals surface area contributed by atoms with Gasteiger partial charge >= 0.3 is 0 Å². The molecule has 0 aromatic carbocycles. The van der Waals surface area contributed by atoms with Crippen LogP contribution in [0.3, 0.4) is 0 Å². The molecule has 1 amide bonds. The lowest BCUT2D eigenvalue weighted by Crippen LogP contribution is -2.41. The maximum atomic E-state index is 13.0. The van der Waals surface area contributed by atoms with E-state index in [1.165, 1.54) is 19.3 Å². The van der Waals surface area contributed by atoms with Crippen LogP contribution in [-0.4, -0.2) is 56.4 Å². The summed E-state index contributed by atoms with van der Waals surface area (Å²) in [4.78, 5) is 19.3. The van der Waals surface area contributed by atoms with Gasteiger partial charge in [-0.3, -0.25) is 9.36 Å². The van der Waals surface area contributed by atoms with Crippen LogP contribution >= 0.6 is 0 Å². The molecule has 1 saturated heterocycles. The Morgan fingerprint density at radius 1 is 1.16 bits per heavy atom. The molecule has 0 unspecified atom stereocenters.